The third-order valence-electron chi connectivity index (χ3n) is 5.17. The van der Waals surface area contributed by atoms with E-state index in [-0.39, 0.29) is 11.8 Å². The van der Waals surface area contributed by atoms with Crippen molar-refractivity contribution in [2.75, 3.05) is 32.1 Å². The number of fused-ring (bicyclic) bond motifs is 2. The number of hydrogen-bond donors (Lipinski definition) is 1. The van der Waals surface area contributed by atoms with Crippen LogP contribution in [0.25, 0.3) is 10.8 Å². The minimum Gasteiger partial charge on any atom is -0.383 e. The van der Waals surface area contributed by atoms with E-state index in [1.54, 1.807) is 19.5 Å². The molecule has 4 rings (SSSR count). The van der Waals surface area contributed by atoms with Crippen LogP contribution in [0.3, 0.4) is 0 Å². The number of benzene rings is 2. The fourth-order valence-corrected chi connectivity index (χ4v) is 3.93. The molecule has 5 nitrogen and oxygen atoms in total. The second kappa shape index (κ2) is 8.27. The van der Waals surface area contributed by atoms with Crippen molar-refractivity contribution in [1.82, 2.24) is 9.88 Å². The zero-order valence-electron chi connectivity index (χ0n) is 15.7. The van der Waals surface area contributed by atoms with Gasteiger partial charge in [0.1, 0.15) is 0 Å². The van der Waals surface area contributed by atoms with Crippen LogP contribution in [0.1, 0.15) is 17.0 Å². The van der Waals surface area contributed by atoms with Crippen LogP contribution >= 0.6 is 11.6 Å². The Morgan fingerprint density at radius 2 is 2.14 bits per heavy atom. The van der Waals surface area contributed by atoms with Crippen LogP contribution in [0, 0.1) is 0 Å². The summed E-state index contributed by atoms with van der Waals surface area (Å²) in [6.07, 6.45) is 3.50. The maximum Gasteiger partial charge on any atom is 0.233 e. The lowest BCUT2D eigenvalue weighted by molar-refractivity contribution is -0.118. The Labute approximate surface area is 169 Å². The van der Waals surface area contributed by atoms with Gasteiger partial charge < -0.3 is 10.1 Å². The molecular formula is C22H22ClN3O2. The van der Waals surface area contributed by atoms with Gasteiger partial charge in [-0.05, 0) is 23.3 Å². The van der Waals surface area contributed by atoms with Crippen LogP contribution in [0.2, 0.25) is 5.02 Å². The van der Waals surface area contributed by atoms with Gasteiger partial charge in [-0.3, -0.25) is 14.7 Å². The molecule has 1 aliphatic rings. The van der Waals surface area contributed by atoms with Crippen molar-refractivity contribution >= 4 is 34.0 Å². The molecule has 0 saturated carbocycles. The standard InChI is InChI=1S/C22H22ClN3O2/c1-28-9-8-26-13-16-6-7-17(23)10-19(16)20(14-26)22(27)25-21-12-24-11-15-4-2-3-5-18(15)21/h2-7,10-12,20H,8-9,13-14H2,1H3,(H,25,27)/t20-/m1/s1. The number of aromatic nitrogens is 1. The van der Waals surface area contributed by atoms with E-state index in [4.69, 9.17) is 16.3 Å². The molecule has 0 unspecified atom stereocenters. The van der Waals surface area contributed by atoms with Crippen molar-refractivity contribution < 1.29 is 9.53 Å². The molecule has 28 heavy (non-hydrogen) atoms. The predicted molar refractivity (Wildman–Crippen MR) is 112 cm³/mol. The van der Waals surface area contributed by atoms with E-state index in [2.05, 4.69) is 15.2 Å². The van der Waals surface area contributed by atoms with Crippen LogP contribution in [-0.2, 0) is 16.1 Å². The number of methoxy groups -OCH3 is 1. The number of carbonyl (C=O) groups is 1. The number of amides is 1. The van der Waals surface area contributed by atoms with Gasteiger partial charge in [0, 0.05) is 48.7 Å². The minimum atomic E-state index is -0.307. The number of hydrogen-bond acceptors (Lipinski definition) is 4. The maximum atomic E-state index is 13.3. The second-order valence-electron chi connectivity index (χ2n) is 7.02. The quantitative estimate of drug-likeness (QED) is 0.707. The molecule has 6 heteroatoms. The largest absolute Gasteiger partial charge is 0.383 e. The molecule has 2 aromatic carbocycles. The summed E-state index contributed by atoms with van der Waals surface area (Å²) in [4.78, 5) is 19.8. The SMILES string of the molecule is COCCN1Cc2ccc(Cl)cc2[C@H](C(=O)Nc2cncc3ccccc23)C1. The van der Waals surface area contributed by atoms with E-state index in [0.717, 1.165) is 40.7 Å². The summed E-state index contributed by atoms with van der Waals surface area (Å²) in [5, 5.41) is 5.71. The lowest BCUT2D eigenvalue weighted by Crippen LogP contribution is -2.40. The van der Waals surface area contributed by atoms with Crippen LogP contribution in [0.5, 0.6) is 0 Å². The average molecular weight is 396 g/mol. The first-order chi connectivity index (χ1) is 13.7. The van der Waals surface area contributed by atoms with Gasteiger partial charge in [0.05, 0.1) is 24.4 Å². The normalized spacial score (nSPS) is 16.7. The molecule has 1 aromatic heterocycles. The highest BCUT2D eigenvalue weighted by Crippen LogP contribution is 2.32. The fraction of sp³-hybridized carbons (Fsp3) is 0.273. The summed E-state index contributed by atoms with van der Waals surface area (Å²) < 4.78 is 5.22. The Morgan fingerprint density at radius 1 is 1.29 bits per heavy atom. The molecule has 0 spiro atoms. The predicted octanol–water partition coefficient (Wildman–Crippen LogP) is 4.07. The van der Waals surface area contributed by atoms with Crippen LogP contribution in [0.4, 0.5) is 5.69 Å². The number of nitrogens with one attached hydrogen (secondary N) is 1. The van der Waals surface area contributed by atoms with E-state index in [9.17, 15) is 4.79 Å². The molecule has 0 aliphatic carbocycles. The van der Waals surface area contributed by atoms with Crippen LogP contribution < -0.4 is 5.32 Å². The van der Waals surface area contributed by atoms with Crippen molar-refractivity contribution in [3.05, 3.63) is 71.0 Å². The highest BCUT2D eigenvalue weighted by Gasteiger charge is 2.31. The van der Waals surface area contributed by atoms with Crippen LogP contribution in [-0.4, -0.2) is 42.6 Å². The minimum absolute atomic E-state index is 0.0520. The van der Waals surface area contributed by atoms with Crippen molar-refractivity contribution in [1.29, 1.82) is 0 Å². The highest BCUT2D eigenvalue weighted by atomic mass is 35.5. The highest BCUT2D eigenvalue weighted by molar-refractivity contribution is 6.30. The summed E-state index contributed by atoms with van der Waals surface area (Å²) in [6, 6.07) is 13.7. The zero-order valence-corrected chi connectivity index (χ0v) is 16.4. The molecule has 0 saturated heterocycles. The van der Waals surface area contributed by atoms with Gasteiger partial charge >= 0.3 is 0 Å². The monoisotopic (exact) mass is 395 g/mol. The molecule has 1 atom stereocenters. The number of ether oxygens (including phenoxy) is 1. The first kappa shape index (κ1) is 18.9. The molecule has 1 aliphatic heterocycles. The Balaban J connectivity index is 1.64. The lowest BCUT2D eigenvalue weighted by Gasteiger charge is -2.34. The summed E-state index contributed by atoms with van der Waals surface area (Å²) in [5.74, 6) is -0.359. The number of nitrogens with zero attached hydrogens (tertiary/aromatic N) is 2. The summed E-state index contributed by atoms with van der Waals surface area (Å²) in [6.45, 7) is 2.82. The third-order valence-corrected chi connectivity index (χ3v) is 5.41. The topological polar surface area (TPSA) is 54.5 Å². The van der Waals surface area contributed by atoms with E-state index in [1.165, 1.54) is 0 Å². The van der Waals surface area contributed by atoms with Crippen molar-refractivity contribution in [2.45, 2.75) is 12.5 Å². The second-order valence-corrected chi connectivity index (χ2v) is 7.46. The Kier molecular flexibility index (Phi) is 5.57. The maximum absolute atomic E-state index is 13.3. The zero-order chi connectivity index (χ0) is 19.5. The molecule has 0 bridgehead atoms. The first-order valence-electron chi connectivity index (χ1n) is 9.29. The lowest BCUT2D eigenvalue weighted by atomic mass is 9.89. The summed E-state index contributed by atoms with van der Waals surface area (Å²) in [7, 11) is 1.69. The number of halogens is 1. The average Bonchev–Trinajstić information content (AvgIpc) is 2.72. The number of rotatable bonds is 5. The van der Waals surface area contributed by atoms with Crippen molar-refractivity contribution in [2.24, 2.45) is 0 Å². The Morgan fingerprint density at radius 3 is 3.00 bits per heavy atom. The van der Waals surface area contributed by atoms with Gasteiger partial charge in [0.25, 0.3) is 0 Å². The first-order valence-corrected chi connectivity index (χ1v) is 9.66. The third kappa shape index (κ3) is 3.87. The van der Waals surface area contributed by atoms with Gasteiger partial charge in [-0.1, -0.05) is 41.9 Å². The smallest absolute Gasteiger partial charge is 0.233 e. The van der Waals surface area contributed by atoms with Gasteiger partial charge in [-0.15, -0.1) is 0 Å². The molecule has 1 amide bonds. The van der Waals surface area contributed by atoms with Crippen molar-refractivity contribution in [3.8, 4) is 0 Å². The van der Waals surface area contributed by atoms with Gasteiger partial charge in [-0.25, -0.2) is 0 Å². The van der Waals surface area contributed by atoms with Gasteiger partial charge in [0.2, 0.25) is 5.91 Å². The Bertz CT molecular complexity index is 1000. The number of anilines is 1. The fourth-order valence-electron chi connectivity index (χ4n) is 3.75. The Hall–Kier alpha value is -2.47. The van der Waals surface area contributed by atoms with Crippen molar-refractivity contribution in [3.63, 3.8) is 0 Å². The van der Waals surface area contributed by atoms with E-state index < -0.39 is 0 Å². The summed E-state index contributed by atoms with van der Waals surface area (Å²) >= 11 is 6.23. The van der Waals surface area contributed by atoms with E-state index in [0.29, 0.717) is 18.2 Å². The molecule has 2 heterocycles. The molecular weight excluding hydrogens is 374 g/mol. The van der Waals surface area contributed by atoms with Gasteiger partial charge in [0.15, 0.2) is 0 Å². The van der Waals surface area contributed by atoms with Gasteiger partial charge in [-0.2, -0.15) is 0 Å². The van der Waals surface area contributed by atoms with Crippen LogP contribution in [0.15, 0.2) is 54.9 Å². The van der Waals surface area contributed by atoms with E-state index in [1.807, 2.05) is 42.5 Å². The number of pyridine rings is 1. The molecule has 3 aromatic rings. The summed E-state index contributed by atoms with van der Waals surface area (Å²) in [5.41, 5.74) is 2.84. The molecule has 0 fully saturated rings. The molecule has 1 N–H and O–H groups in total. The number of carbonyl (C=O) groups excluding carboxylic acids is 1. The van der Waals surface area contributed by atoms with E-state index >= 15 is 0 Å². The molecule has 144 valence electrons. The molecule has 0 radical (unpaired) electrons.